The standard InChI is InChI=1S/C33H38ClF5N4O9S/c1-17(2)25(27(44)33(38,39)31(48)40-16-32(35,36)37)42-29(46)24-13-20(26(53(49)50)18-8-10-22(52-4)11-9-18)14-43(24)30(47)23(15-51-3)41-28(45)19-6-5-7-21(34)12-19/h5-12,17,20,23-26H,13-16H2,1-4H3,(H,40,48)(H,41,45)(H,42,46)(H,49,50)/p-1/t20-,23+,24+,25+,26?/m1/s1. The van der Waals surface area contributed by atoms with Gasteiger partial charge in [0.2, 0.25) is 17.6 Å². The van der Waals surface area contributed by atoms with Crippen LogP contribution in [0.5, 0.6) is 5.75 Å². The summed E-state index contributed by atoms with van der Waals surface area (Å²) in [7, 11) is 2.61. The molecule has 53 heavy (non-hydrogen) atoms. The number of Topliss-reactive ketones (excluding diaryl/α,β-unsaturated/α-hetero) is 1. The summed E-state index contributed by atoms with van der Waals surface area (Å²) in [5, 5.41) is 4.41. The summed E-state index contributed by atoms with van der Waals surface area (Å²) >= 11 is 3.13. The molecule has 3 N–H and O–H groups in total. The van der Waals surface area contributed by atoms with E-state index in [1.807, 2.05) is 0 Å². The Bertz CT molecular complexity index is 1680. The highest BCUT2D eigenvalue weighted by atomic mass is 35.5. The zero-order valence-corrected chi connectivity index (χ0v) is 30.3. The van der Waals surface area contributed by atoms with Crippen molar-refractivity contribution in [2.24, 2.45) is 11.8 Å². The quantitative estimate of drug-likeness (QED) is 0.131. The third kappa shape index (κ3) is 11.2. The van der Waals surface area contributed by atoms with Crippen molar-refractivity contribution in [3.05, 3.63) is 64.7 Å². The first-order valence-corrected chi connectivity index (χ1v) is 17.4. The summed E-state index contributed by atoms with van der Waals surface area (Å²) in [5.41, 5.74) is 0.305. The number of amides is 4. The second-order valence-electron chi connectivity index (χ2n) is 12.4. The van der Waals surface area contributed by atoms with Crippen molar-refractivity contribution in [2.45, 2.75) is 55.7 Å². The monoisotopic (exact) mass is 795 g/mol. The van der Waals surface area contributed by atoms with Crippen molar-refractivity contribution < 1.29 is 64.2 Å². The molecule has 3 rings (SSSR count). The Labute approximate surface area is 308 Å². The van der Waals surface area contributed by atoms with Crippen molar-refractivity contribution in [1.29, 1.82) is 0 Å². The molecule has 0 bridgehead atoms. The second-order valence-corrected chi connectivity index (χ2v) is 13.9. The van der Waals surface area contributed by atoms with E-state index in [9.17, 15) is 54.7 Å². The van der Waals surface area contributed by atoms with Gasteiger partial charge in [-0.2, -0.15) is 22.0 Å². The molecule has 20 heteroatoms. The number of halogens is 6. The van der Waals surface area contributed by atoms with E-state index in [1.54, 1.807) is 0 Å². The number of hydrogen-bond donors (Lipinski definition) is 3. The fourth-order valence-corrected chi connectivity index (χ4v) is 6.79. The summed E-state index contributed by atoms with van der Waals surface area (Å²) < 4.78 is 103. The van der Waals surface area contributed by atoms with Crippen molar-refractivity contribution in [3.63, 3.8) is 0 Å². The van der Waals surface area contributed by atoms with E-state index in [0.717, 1.165) is 10.2 Å². The Morgan fingerprint density at radius 2 is 1.66 bits per heavy atom. The van der Waals surface area contributed by atoms with Crippen molar-refractivity contribution in [1.82, 2.24) is 20.9 Å². The van der Waals surface area contributed by atoms with E-state index in [2.05, 4.69) is 10.6 Å². The van der Waals surface area contributed by atoms with Crippen LogP contribution in [0.2, 0.25) is 5.02 Å². The van der Waals surface area contributed by atoms with Crippen LogP contribution in [0.15, 0.2) is 48.5 Å². The van der Waals surface area contributed by atoms with Gasteiger partial charge in [0.1, 0.15) is 24.4 Å². The first-order valence-electron chi connectivity index (χ1n) is 15.9. The average Bonchev–Trinajstić information content (AvgIpc) is 3.53. The lowest BCUT2D eigenvalue weighted by atomic mass is 9.93. The highest BCUT2D eigenvalue weighted by Gasteiger charge is 2.53. The lowest BCUT2D eigenvalue weighted by Crippen LogP contribution is -2.60. The van der Waals surface area contributed by atoms with Gasteiger partial charge in [0.25, 0.3) is 11.8 Å². The molecule has 4 amide bonds. The minimum atomic E-state index is -5.07. The fourth-order valence-electron chi connectivity index (χ4n) is 5.71. The minimum Gasteiger partial charge on any atom is -0.772 e. The maximum atomic E-state index is 14.9. The van der Waals surface area contributed by atoms with Crippen molar-refractivity contribution >= 4 is 52.1 Å². The molecule has 0 spiro atoms. The molecule has 1 aliphatic heterocycles. The summed E-state index contributed by atoms with van der Waals surface area (Å²) in [6.07, 6.45) is -5.47. The van der Waals surface area contributed by atoms with E-state index in [-0.39, 0.29) is 16.1 Å². The van der Waals surface area contributed by atoms with Crippen LogP contribution in [-0.4, -0.2) is 107 Å². The number of carbonyl (C=O) groups excluding carboxylic acids is 5. The first kappa shape index (κ1) is 43.2. The molecule has 0 saturated carbocycles. The predicted molar refractivity (Wildman–Crippen MR) is 179 cm³/mol. The van der Waals surface area contributed by atoms with E-state index < -0.39 is 114 Å². The van der Waals surface area contributed by atoms with E-state index in [4.69, 9.17) is 21.1 Å². The largest absolute Gasteiger partial charge is 0.772 e. The topological polar surface area (TPSA) is 183 Å². The zero-order valence-electron chi connectivity index (χ0n) is 28.7. The van der Waals surface area contributed by atoms with Gasteiger partial charge in [0.15, 0.2) is 0 Å². The van der Waals surface area contributed by atoms with Gasteiger partial charge in [-0.25, -0.2) is 0 Å². The van der Waals surface area contributed by atoms with Gasteiger partial charge in [-0.1, -0.05) is 43.6 Å². The molecular formula is C33H37ClF5N4O9S-. The number of alkyl halides is 5. The predicted octanol–water partition coefficient (Wildman–Crippen LogP) is 2.95. The van der Waals surface area contributed by atoms with Crippen LogP contribution in [0.25, 0.3) is 0 Å². The lowest BCUT2D eigenvalue weighted by molar-refractivity contribution is -0.165. The van der Waals surface area contributed by atoms with Crippen LogP contribution in [0.3, 0.4) is 0 Å². The molecule has 1 aliphatic rings. The summed E-state index contributed by atoms with van der Waals surface area (Å²) in [6, 6.07) is 6.31. The number of benzene rings is 2. The van der Waals surface area contributed by atoms with Crippen LogP contribution in [0, 0.1) is 11.8 Å². The van der Waals surface area contributed by atoms with Crippen molar-refractivity contribution in [2.75, 3.05) is 33.9 Å². The van der Waals surface area contributed by atoms with Crippen LogP contribution in [0.4, 0.5) is 22.0 Å². The fraction of sp³-hybridized carbons (Fsp3) is 0.485. The number of methoxy groups -OCH3 is 2. The number of hydrogen-bond acceptors (Lipinski definition) is 9. The minimum absolute atomic E-state index is 0.0554. The van der Waals surface area contributed by atoms with Crippen LogP contribution >= 0.6 is 11.6 Å². The molecule has 6 atom stereocenters. The molecular weight excluding hydrogens is 759 g/mol. The molecule has 2 aromatic rings. The van der Waals surface area contributed by atoms with Gasteiger partial charge in [0, 0.05) is 24.2 Å². The molecule has 0 radical (unpaired) electrons. The number of ketones is 1. The van der Waals surface area contributed by atoms with Gasteiger partial charge in [-0.15, -0.1) is 0 Å². The summed E-state index contributed by atoms with van der Waals surface area (Å²) in [4.78, 5) is 67.0. The number of rotatable bonds is 16. The Hall–Kier alpha value is -4.20. The third-order valence-corrected chi connectivity index (χ3v) is 9.62. The van der Waals surface area contributed by atoms with Gasteiger partial charge in [-0.3, -0.25) is 28.2 Å². The molecule has 0 aliphatic carbocycles. The smallest absolute Gasteiger partial charge is 0.405 e. The Balaban J connectivity index is 2.00. The van der Waals surface area contributed by atoms with Crippen LogP contribution in [0.1, 0.15) is 41.4 Å². The maximum Gasteiger partial charge on any atom is 0.405 e. The first-order chi connectivity index (χ1) is 24.7. The molecule has 2 aromatic carbocycles. The Kier molecular flexibility index (Phi) is 14.9. The molecule has 292 valence electrons. The van der Waals surface area contributed by atoms with Gasteiger partial charge in [-0.05, 0) is 65.2 Å². The van der Waals surface area contributed by atoms with Gasteiger partial charge < -0.3 is 34.9 Å². The highest BCUT2D eigenvalue weighted by Crippen LogP contribution is 2.38. The van der Waals surface area contributed by atoms with Crippen molar-refractivity contribution in [3.8, 4) is 5.75 Å². The van der Waals surface area contributed by atoms with Gasteiger partial charge >= 0.3 is 12.1 Å². The maximum absolute atomic E-state index is 14.9. The number of likely N-dealkylation sites (tertiary alicyclic amines) is 1. The molecule has 0 aromatic heterocycles. The van der Waals surface area contributed by atoms with E-state index in [1.165, 1.54) is 76.6 Å². The van der Waals surface area contributed by atoms with E-state index >= 15 is 0 Å². The van der Waals surface area contributed by atoms with Crippen LogP contribution < -0.4 is 20.7 Å². The number of ether oxygens (including phenoxy) is 2. The highest BCUT2D eigenvalue weighted by molar-refractivity contribution is 7.79. The normalized spacial score (nSPS) is 18.5. The lowest BCUT2D eigenvalue weighted by Gasteiger charge is -2.31. The molecule has 1 saturated heterocycles. The number of carbonyl (C=O) groups is 5. The molecule has 2 unspecified atom stereocenters. The number of nitrogens with one attached hydrogen (secondary N) is 3. The van der Waals surface area contributed by atoms with E-state index in [0.29, 0.717) is 5.75 Å². The molecule has 1 heterocycles. The van der Waals surface area contributed by atoms with Gasteiger partial charge in [0.05, 0.1) is 25.0 Å². The zero-order chi connectivity index (χ0) is 39.8. The van der Waals surface area contributed by atoms with Crippen LogP contribution in [-0.2, 0) is 35.0 Å². The number of nitrogens with zero attached hydrogens (tertiary/aromatic N) is 1. The third-order valence-electron chi connectivity index (χ3n) is 8.31. The Morgan fingerprint density at radius 3 is 2.19 bits per heavy atom. The Morgan fingerprint density at radius 1 is 1.02 bits per heavy atom. The SMILES string of the molecule is COC[C@H](NC(=O)c1cccc(Cl)c1)C(=O)N1C[C@H](C(c2ccc(OC)cc2)S(=O)[O-])C[C@H]1C(=O)N[C@H](C(=O)C(F)(F)C(=O)NCC(F)(F)F)C(C)C. The molecule has 1 fully saturated rings. The summed E-state index contributed by atoms with van der Waals surface area (Å²) in [5.74, 6) is -14.5. The average molecular weight is 796 g/mol. The second kappa shape index (κ2) is 18.2. The summed E-state index contributed by atoms with van der Waals surface area (Å²) in [6.45, 7) is -0.588. The molecule has 13 nitrogen and oxygen atoms in total.